The van der Waals surface area contributed by atoms with Gasteiger partial charge in [-0.15, -0.1) is 17.5 Å². The monoisotopic (exact) mass is 375 g/mol. The molecule has 3 aromatic rings. The summed E-state index contributed by atoms with van der Waals surface area (Å²) in [5, 5.41) is 12.6. The SMILES string of the molecule is CN(Cc1cc2ccccc2o1)C(=O)c1cn(C2CCNCC2)nn1.Cl. The van der Waals surface area contributed by atoms with Crippen LogP contribution in [0.2, 0.25) is 0 Å². The molecule has 0 atom stereocenters. The molecule has 1 aromatic carbocycles. The molecule has 0 bridgehead atoms. The Morgan fingerprint density at radius 1 is 1.35 bits per heavy atom. The van der Waals surface area contributed by atoms with Crippen molar-refractivity contribution >= 4 is 29.3 Å². The van der Waals surface area contributed by atoms with Gasteiger partial charge >= 0.3 is 0 Å². The highest BCUT2D eigenvalue weighted by Crippen LogP contribution is 2.21. The van der Waals surface area contributed by atoms with Crippen LogP contribution in [-0.2, 0) is 6.54 Å². The van der Waals surface area contributed by atoms with E-state index < -0.39 is 0 Å². The van der Waals surface area contributed by atoms with Gasteiger partial charge in [-0.1, -0.05) is 23.4 Å². The Bertz CT molecular complexity index is 851. The Morgan fingerprint density at radius 3 is 2.88 bits per heavy atom. The fourth-order valence-electron chi connectivity index (χ4n) is 3.24. The Balaban J connectivity index is 0.00000196. The summed E-state index contributed by atoms with van der Waals surface area (Å²) in [5.41, 5.74) is 1.20. The molecule has 1 fully saturated rings. The molecule has 0 aliphatic carbocycles. The lowest BCUT2D eigenvalue weighted by atomic mass is 10.1. The van der Waals surface area contributed by atoms with E-state index in [0.29, 0.717) is 18.3 Å². The van der Waals surface area contributed by atoms with Crippen LogP contribution in [0, 0.1) is 0 Å². The third-order valence-corrected chi connectivity index (χ3v) is 4.63. The minimum atomic E-state index is -0.152. The van der Waals surface area contributed by atoms with E-state index in [1.54, 1.807) is 18.1 Å². The fraction of sp³-hybridized carbons (Fsp3) is 0.389. The van der Waals surface area contributed by atoms with Crippen molar-refractivity contribution in [2.45, 2.75) is 25.4 Å². The molecule has 26 heavy (non-hydrogen) atoms. The Kier molecular flexibility index (Phi) is 5.58. The molecule has 138 valence electrons. The van der Waals surface area contributed by atoms with Gasteiger partial charge in [0.05, 0.1) is 18.8 Å². The highest BCUT2D eigenvalue weighted by atomic mass is 35.5. The van der Waals surface area contributed by atoms with Crippen LogP contribution in [0.5, 0.6) is 0 Å². The number of halogens is 1. The number of nitrogens with one attached hydrogen (secondary N) is 1. The van der Waals surface area contributed by atoms with Gasteiger partial charge in [-0.05, 0) is 38.1 Å². The summed E-state index contributed by atoms with van der Waals surface area (Å²) in [7, 11) is 1.75. The Morgan fingerprint density at radius 2 is 2.12 bits per heavy atom. The van der Waals surface area contributed by atoms with Gasteiger partial charge in [-0.3, -0.25) is 4.79 Å². The standard InChI is InChI=1S/C18H21N5O2.ClH/c1-22(11-15-10-13-4-2-3-5-17(13)25-15)18(24)16-12-23(21-20-16)14-6-8-19-9-7-14;/h2-5,10,12,14,19H,6-9,11H2,1H3;1H. The second kappa shape index (κ2) is 7.88. The highest BCUT2D eigenvalue weighted by Gasteiger charge is 2.21. The lowest BCUT2D eigenvalue weighted by molar-refractivity contribution is 0.0770. The summed E-state index contributed by atoms with van der Waals surface area (Å²) in [5.74, 6) is 0.600. The van der Waals surface area contributed by atoms with E-state index in [1.165, 1.54) is 0 Å². The zero-order valence-electron chi connectivity index (χ0n) is 14.6. The van der Waals surface area contributed by atoms with Crippen molar-refractivity contribution < 1.29 is 9.21 Å². The summed E-state index contributed by atoms with van der Waals surface area (Å²) in [6.45, 7) is 2.34. The number of fused-ring (bicyclic) bond motifs is 1. The molecule has 1 aliphatic heterocycles. The molecule has 3 heterocycles. The number of amides is 1. The molecular weight excluding hydrogens is 354 g/mol. The fourth-order valence-corrected chi connectivity index (χ4v) is 3.24. The second-order valence-electron chi connectivity index (χ2n) is 6.48. The molecule has 0 saturated carbocycles. The lowest BCUT2D eigenvalue weighted by Gasteiger charge is -2.22. The number of furan rings is 1. The number of benzene rings is 1. The number of hydrogen-bond acceptors (Lipinski definition) is 5. The van der Waals surface area contributed by atoms with E-state index in [-0.39, 0.29) is 18.3 Å². The van der Waals surface area contributed by atoms with Crippen molar-refractivity contribution in [3.63, 3.8) is 0 Å². The van der Waals surface area contributed by atoms with Crippen molar-refractivity contribution in [1.82, 2.24) is 25.2 Å². The molecule has 0 spiro atoms. The predicted molar refractivity (Wildman–Crippen MR) is 100 cm³/mol. The van der Waals surface area contributed by atoms with Crippen molar-refractivity contribution in [3.05, 3.63) is 48.0 Å². The number of rotatable bonds is 4. The number of aromatic nitrogens is 3. The Hall–Kier alpha value is -2.38. The van der Waals surface area contributed by atoms with Crippen molar-refractivity contribution in [3.8, 4) is 0 Å². The topological polar surface area (TPSA) is 76.2 Å². The number of piperidine rings is 1. The minimum Gasteiger partial charge on any atom is -0.459 e. The van der Waals surface area contributed by atoms with Crippen molar-refractivity contribution in [1.29, 1.82) is 0 Å². The van der Waals surface area contributed by atoms with E-state index in [0.717, 1.165) is 42.7 Å². The van der Waals surface area contributed by atoms with E-state index >= 15 is 0 Å². The average Bonchev–Trinajstić information content (AvgIpc) is 3.28. The third kappa shape index (κ3) is 3.73. The molecule has 1 saturated heterocycles. The van der Waals surface area contributed by atoms with Gasteiger partial charge in [0.1, 0.15) is 11.3 Å². The van der Waals surface area contributed by atoms with Crippen LogP contribution in [-0.4, -0.2) is 45.9 Å². The first-order valence-electron chi connectivity index (χ1n) is 8.56. The number of carbonyl (C=O) groups is 1. The third-order valence-electron chi connectivity index (χ3n) is 4.63. The minimum absolute atomic E-state index is 0. The molecule has 7 nitrogen and oxygen atoms in total. The molecule has 1 amide bonds. The second-order valence-corrected chi connectivity index (χ2v) is 6.48. The first-order chi connectivity index (χ1) is 12.2. The van der Waals surface area contributed by atoms with Crippen LogP contribution in [0.15, 0.2) is 40.9 Å². The van der Waals surface area contributed by atoms with E-state index in [2.05, 4.69) is 15.6 Å². The predicted octanol–water partition coefficient (Wildman–Crippen LogP) is 2.64. The summed E-state index contributed by atoms with van der Waals surface area (Å²) in [6, 6.07) is 10.1. The highest BCUT2D eigenvalue weighted by molar-refractivity contribution is 5.91. The smallest absolute Gasteiger partial charge is 0.276 e. The van der Waals surface area contributed by atoms with Crippen LogP contribution in [0.25, 0.3) is 11.0 Å². The maximum absolute atomic E-state index is 12.6. The molecule has 0 radical (unpaired) electrons. The largest absolute Gasteiger partial charge is 0.459 e. The van der Waals surface area contributed by atoms with Gasteiger partial charge < -0.3 is 14.6 Å². The van der Waals surface area contributed by atoms with Crippen molar-refractivity contribution in [2.24, 2.45) is 0 Å². The molecule has 1 N–H and O–H groups in total. The molecule has 2 aromatic heterocycles. The summed E-state index contributed by atoms with van der Waals surface area (Å²) in [6.07, 6.45) is 3.77. The van der Waals surface area contributed by atoms with Crippen molar-refractivity contribution in [2.75, 3.05) is 20.1 Å². The first-order valence-corrected chi connectivity index (χ1v) is 8.56. The van der Waals surface area contributed by atoms with E-state index in [4.69, 9.17) is 4.42 Å². The molecule has 0 unspecified atom stereocenters. The zero-order valence-corrected chi connectivity index (χ0v) is 15.4. The van der Waals surface area contributed by atoms with Crippen LogP contribution < -0.4 is 5.32 Å². The molecule has 8 heteroatoms. The Labute approximate surface area is 157 Å². The maximum Gasteiger partial charge on any atom is 0.276 e. The van der Waals surface area contributed by atoms with Gasteiger partial charge in [0.25, 0.3) is 5.91 Å². The number of nitrogens with zero attached hydrogens (tertiary/aromatic N) is 4. The van der Waals surface area contributed by atoms with Crippen LogP contribution >= 0.6 is 12.4 Å². The normalized spacial score (nSPS) is 15.0. The number of hydrogen-bond donors (Lipinski definition) is 1. The van der Waals surface area contributed by atoms with Crippen LogP contribution in [0.4, 0.5) is 0 Å². The molecular formula is C18H22ClN5O2. The zero-order chi connectivity index (χ0) is 17.2. The van der Waals surface area contributed by atoms with Gasteiger partial charge in [0, 0.05) is 12.4 Å². The van der Waals surface area contributed by atoms with Gasteiger partial charge in [0.2, 0.25) is 0 Å². The van der Waals surface area contributed by atoms with Crippen LogP contribution in [0.3, 0.4) is 0 Å². The van der Waals surface area contributed by atoms with Crippen LogP contribution in [0.1, 0.15) is 35.1 Å². The maximum atomic E-state index is 12.6. The lowest BCUT2D eigenvalue weighted by Crippen LogP contribution is -2.29. The van der Waals surface area contributed by atoms with Gasteiger partial charge in [0.15, 0.2) is 5.69 Å². The molecule has 4 rings (SSSR count). The number of para-hydroxylation sites is 1. The van der Waals surface area contributed by atoms with E-state index in [9.17, 15) is 4.79 Å². The molecule has 1 aliphatic rings. The summed E-state index contributed by atoms with van der Waals surface area (Å²) < 4.78 is 7.61. The van der Waals surface area contributed by atoms with E-state index in [1.807, 2.05) is 35.0 Å². The first kappa shape index (κ1) is 18.4. The van der Waals surface area contributed by atoms with Gasteiger partial charge in [-0.2, -0.15) is 0 Å². The summed E-state index contributed by atoms with van der Waals surface area (Å²) in [4.78, 5) is 14.2. The quantitative estimate of drug-likeness (QED) is 0.758. The number of carbonyl (C=O) groups excluding carboxylic acids is 1. The average molecular weight is 376 g/mol. The van der Waals surface area contributed by atoms with Gasteiger partial charge in [-0.25, -0.2) is 4.68 Å². The summed E-state index contributed by atoms with van der Waals surface area (Å²) >= 11 is 0.